The topological polar surface area (TPSA) is 89.3 Å². The minimum Gasteiger partial charge on any atom is -0.353 e. The number of hydrogen-bond acceptors (Lipinski definition) is 4. The number of sulfone groups is 1. The lowest BCUT2D eigenvalue weighted by molar-refractivity contribution is -0.122. The van der Waals surface area contributed by atoms with Crippen molar-refractivity contribution in [1.29, 1.82) is 0 Å². The minimum atomic E-state index is -3.07. The third-order valence-corrected chi connectivity index (χ3v) is 3.16. The molecule has 0 aliphatic heterocycles. The molecule has 0 saturated heterocycles. The molecule has 1 rings (SSSR count). The molecule has 0 bridgehead atoms. The van der Waals surface area contributed by atoms with Crippen molar-refractivity contribution in [2.45, 2.75) is 6.04 Å². The highest BCUT2D eigenvalue weighted by Crippen LogP contribution is 2.08. The van der Waals surface area contributed by atoms with Gasteiger partial charge in [-0.3, -0.25) is 4.79 Å². The van der Waals surface area contributed by atoms with Crippen molar-refractivity contribution in [3.63, 3.8) is 0 Å². The summed E-state index contributed by atoms with van der Waals surface area (Å²) in [6.45, 7) is 0.0815. The number of nitrogens with two attached hydrogens (primary N) is 1. The van der Waals surface area contributed by atoms with E-state index in [9.17, 15) is 13.2 Å². The van der Waals surface area contributed by atoms with Crippen LogP contribution in [0.1, 0.15) is 11.6 Å². The molecule has 5 nitrogen and oxygen atoms in total. The molecule has 6 heteroatoms. The molecule has 0 radical (unpaired) electrons. The Morgan fingerprint density at radius 2 is 1.94 bits per heavy atom. The lowest BCUT2D eigenvalue weighted by Gasteiger charge is -2.11. The summed E-state index contributed by atoms with van der Waals surface area (Å²) < 4.78 is 21.7. The maximum atomic E-state index is 11.6. The number of nitrogens with one attached hydrogen (secondary N) is 1. The molecule has 1 aromatic carbocycles. The van der Waals surface area contributed by atoms with E-state index in [2.05, 4.69) is 5.32 Å². The van der Waals surface area contributed by atoms with Gasteiger partial charge in [-0.1, -0.05) is 30.3 Å². The second-order valence-corrected chi connectivity index (χ2v) is 6.07. The van der Waals surface area contributed by atoms with Gasteiger partial charge < -0.3 is 11.1 Å². The SMILES string of the molecule is CS(=O)(=O)CCNC(=O)[C@@H](N)c1ccccc1. The van der Waals surface area contributed by atoms with Crippen LogP contribution in [0.2, 0.25) is 0 Å². The highest BCUT2D eigenvalue weighted by molar-refractivity contribution is 7.90. The van der Waals surface area contributed by atoms with Crippen molar-refractivity contribution < 1.29 is 13.2 Å². The number of rotatable bonds is 5. The number of amides is 1. The summed E-state index contributed by atoms with van der Waals surface area (Å²) in [7, 11) is -3.07. The van der Waals surface area contributed by atoms with Crippen LogP contribution in [0.15, 0.2) is 30.3 Å². The van der Waals surface area contributed by atoms with Crippen LogP contribution in [-0.2, 0) is 14.6 Å². The average molecular weight is 256 g/mol. The lowest BCUT2D eigenvalue weighted by Crippen LogP contribution is -2.36. The fraction of sp³-hybridized carbons (Fsp3) is 0.364. The van der Waals surface area contributed by atoms with Crippen LogP contribution in [0, 0.1) is 0 Å². The Balaban J connectivity index is 2.49. The van der Waals surface area contributed by atoms with Gasteiger partial charge in [0.2, 0.25) is 5.91 Å². The van der Waals surface area contributed by atoms with E-state index in [1.807, 2.05) is 6.07 Å². The monoisotopic (exact) mass is 256 g/mol. The van der Waals surface area contributed by atoms with Gasteiger partial charge in [0, 0.05) is 12.8 Å². The van der Waals surface area contributed by atoms with Crippen LogP contribution in [0.25, 0.3) is 0 Å². The smallest absolute Gasteiger partial charge is 0.241 e. The van der Waals surface area contributed by atoms with Crippen LogP contribution in [0.5, 0.6) is 0 Å². The molecule has 0 heterocycles. The standard InChI is InChI=1S/C11H16N2O3S/c1-17(15,16)8-7-13-11(14)10(12)9-5-3-2-4-6-9/h2-6,10H,7-8,12H2,1H3,(H,13,14)/t10-/m0/s1. The van der Waals surface area contributed by atoms with Crippen molar-refractivity contribution in [3.05, 3.63) is 35.9 Å². The lowest BCUT2D eigenvalue weighted by atomic mass is 10.1. The minimum absolute atomic E-state index is 0.0815. The fourth-order valence-electron chi connectivity index (χ4n) is 1.28. The highest BCUT2D eigenvalue weighted by atomic mass is 32.2. The molecule has 0 aliphatic rings. The molecule has 0 unspecified atom stereocenters. The van der Waals surface area contributed by atoms with Crippen LogP contribution < -0.4 is 11.1 Å². The van der Waals surface area contributed by atoms with E-state index in [0.717, 1.165) is 6.26 Å². The molecule has 1 aromatic rings. The normalized spacial score (nSPS) is 13.1. The van der Waals surface area contributed by atoms with Gasteiger partial charge in [0.15, 0.2) is 0 Å². The molecule has 0 aliphatic carbocycles. The Morgan fingerprint density at radius 1 is 1.35 bits per heavy atom. The summed E-state index contributed by atoms with van der Waals surface area (Å²) in [5, 5.41) is 2.49. The second kappa shape index (κ2) is 5.79. The molecule has 3 N–H and O–H groups in total. The molecule has 1 amide bonds. The molecular formula is C11H16N2O3S. The van der Waals surface area contributed by atoms with Crippen molar-refractivity contribution in [3.8, 4) is 0 Å². The number of benzene rings is 1. The van der Waals surface area contributed by atoms with E-state index in [4.69, 9.17) is 5.73 Å². The van der Waals surface area contributed by atoms with Gasteiger partial charge in [-0.25, -0.2) is 8.42 Å². The Kier molecular flexibility index (Phi) is 4.65. The average Bonchev–Trinajstić information content (AvgIpc) is 2.27. The first-order valence-corrected chi connectivity index (χ1v) is 7.22. The predicted molar refractivity (Wildman–Crippen MR) is 66.1 cm³/mol. The third-order valence-electron chi connectivity index (χ3n) is 2.21. The zero-order valence-corrected chi connectivity index (χ0v) is 10.4. The highest BCUT2D eigenvalue weighted by Gasteiger charge is 2.15. The van der Waals surface area contributed by atoms with Crippen molar-refractivity contribution in [2.24, 2.45) is 5.73 Å². The summed E-state index contributed by atoms with van der Waals surface area (Å²) in [4.78, 5) is 11.6. The number of carbonyl (C=O) groups excluding carboxylic acids is 1. The van der Waals surface area contributed by atoms with Crippen molar-refractivity contribution in [1.82, 2.24) is 5.32 Å². The fourth-order valence-corrected chi connectivity index (χ4v) is 1.75. The zero-order chi connectivity index (χ0) is 12.9. The van der Waals surface area contributed by atoms with Crippen LogP contribution in [0.4, 0.5) is 0 Å². The quantitative estimate of drug-likeness (QED) is 0.766. The van der Waals surface area contributed by atoms with Gasteiger partial charge in [0.1, 0.15) is 15.9 Å². The maximum absolute atomic E-state index is 11.6. The Hall–Kier alpha value is -1.40. The summed E-state index contributed by atoms with van der Waals surface area (Å²) in [6, 6.07) is 8.15. The molecule has 0 saturated carbocycles. The van der Waals surface area contributed by atoms with Crippen molar-refractivity contribution >= 4 is 15.7 Å². The van der Waals surface area contributed by atoms with Crippen LogP contribution in [0.3, 0.4) is 0 Å². The molecular weight excluding hydrogens is 240 g/mol. The molecule has 0 fully saturated rings. The van der Waals surface area contributed by atoms with E-state index in [1.54, 1.807) is 24.3 Å². The van der Waals surface area contributed by atoms with Crippen LogP contribution >= 0.6 is 0 Å². The Morgan fingerprint density at radius 3 is 2.47 bits per heavy atom. The Labute approximate surface area is 101 Å². The van der Waals surface area contributed by atoms with E-state index in [0.29, 0.717) is 5.56 Å². The molecule has 0 aromatic heterocycles. The summed E-state index contributed by atoms with van der Waals surface area (Å²) >= 11 is 0. The largest absolute Gasteiger partial charge is 0.353 e. The summed E-state index contributed by atoms with van der Waals surface area (Å²) in [5.74, 6) is -0.458. The third kappa shape index (κ3) is 4.97. The molecule has 0 spiro atoms. The maximum Gasteiger partial charge on any atom is 0.241 e. The molecule has 94 valence electrons. The first-order chi connectivity index (χ1) is 7.90. The second-order valence-electron chi connectivity index (χ2n) is 3.81. The van der Waals surface area contributed by atoms with E-state index < -0.39 is 15.9 Å². The number of hydrogen-bond donors (Lipinski definition) is 2. The number of carbonyl (C=O) groups is 1. The van der Waals surface area contributed by atoms with E-state index in [1.165, 1.54) is 0 Å². The van der Waals surface area contributed by atoms with Gasteiger partial charge in [0.25, 0.3) is 0 Å². The zero-order valence-electron chi connectivity index (χ0n) is 9.59. The van der Waals surface area contributed by atoms with Gasteiger partial charge in [-0.2, -0.15) is 0 Å². The summed E-state index contributed by atoms with van der Waals surface area (Å²) in [6.07, 6.45) is 1.12. The molecule has 17 heavy (non-hydrogen) atoms. The van der Waals surface area contributed by atoms with Crippen LogP contribution in [-0.4, -0.2) is 32.9 Å². The van der Waals surface area contributed by atoms with E-state index in [-0.39, 0.29) is 18.2 Å². The van der Waals surface area contributed by atoms with Gasteiger partial charge in [-0.05, 0) is 5.56 Å². The van der Waals surface area contributed by atoms with Crippen molar-refractivity contribution in [2.75, 3.05) is 18.6 Å². The Bertz CT molecular complexity index is 471. The first-order valence-electron chi connectivity index (χ1n) is 5.16. The summed E-state index contributed by atoms with van der Waals surface area (Å²) in [5.41, 5.74) is 6.43. The molecule has 1 atom stereocenters. The van der Waals surface area contributed by atoms with E-state index >= 15 is 0 Å². The first kappa shape index (κ1) is 13.7. The van der Waals surface area contributed by atoms with Gasteiger partial charge in [-0.15, -0.1) is 0 Å². The predicted octanol–water partition coefficient (Wildman–Crippen LogP) is -0.153. The van der Waals surface area contributed by atoms with Gasteiger partial charge >= 0.3 is 0 Å². The van der Waals surface area contributed by atoms with Gasteiger partial charge in [0.05, 0.1) is 5.75 Å².